The zero-order valence-corrected chi connectivity index (χ0v) is 12.1. The summed E-state index contributed by atoms with van der Waals surface area (Å²) in [5, 5.41) is 0. The molecule has 0 aliphatic heterocycles. The van der Waals surface area contributed by atoms with Crippen LogP contribution in [0, 0.1) is 0 Å². The quantitative estimate of drug-likeness (QED) is 0.693. The molecule has 106 valence electrons. The molecular weight excluding hydrogens is 230 g/mol. The molecule has 0 radical (unpaired) electrons. The van der Waals surface area contributed by atoms with E-state index < -0.39 is 5.54 Å². The molecular formula is C13H27N3O2. The highest BCUT2D eigenvalue weighted by Gasteiger charge is 2.44. The predicted molar refractivity (Wildman–Crippen MR) is 72.4 cm³/mol. The van der Waals surface area contributed by atoms with Gasteiger partial charge in [-0.05, 0) is 47.3 Å². The van der Waals surface area contributed by atoms with Crippen LogP contribution in [0.1, 0.15) is 26.2 Å². The molecule has 1 saturated carbocycles. The molecule has 0 amide bonds. The van der Waals surface area contributed by atoms with Crippen LogP contribution in [0.15, 0.2) is 0 Å². The molecule has 2 N–H and O–H groups in total. The number of ether oxygens (including phenoxy) is 1. The van der Waals surface area contributed by atoms with Crippen LogP contribution in [-0.4, -0.2) is 68.2 Å². The molecule has 0 heterocycles. The van der Waals surface area contributed by atoms with Gasteiger partial charge in [0, 0.05) is 19.1 Å². The Labute approximate surface area is 110 Å². The molecule has 2 atom stereocenters. The number of hydrogen-bond donors (Lipinski definition) is 1. The first-order chi connectivity index (χ1) is 8.39. The third-order valence-electron chi connectivity index (χ3n) is 3.73. The van der Waals surface area contributed by atoms with E-state index in [0.717, 1.165) is 25.9 Å². The Morgan fingerprint density at radius 1 is 1.39 bits per heavy atom. The maximum absolute atomic E-state index is 11.8. The summed E-state index contributed by atoms with van der Waals surface area (Å²) in [5.74, 6) is -0.242. The summed E-state index contributed by atoms with van der Waals surface area (Å²) in [6, 6.07) is 0.388. The van der Waals surface area contributed by atoms with E-state index in [1.807, 2.05) is 6.92 Å². The topological polar surface area (TPSA) is 58.8 Å². The van der Waals surface area contributed by atoms with Crippen molar-refractivity contribution in [2.75, 3.05) is 40.8 Å². The number of hydrogen-bond acceptors (Lipinski definition) is 5. The lowest BCUT2D eigenvalue weighted by molar-refractivity contribution is -0.149. The van der Waals surface area contributed by atoms with E-state index in [-0.39, 0.29) is 5.97 Å². The van der Waals surface area contributed by atoms with Crippen LogP contribution in [0.5, 0.6) is 0 Å². The fourth-order valence-corrected chi connectivity index (χ4v) is 2.43. The number of carbonyl (C=O) groups excluding carboxylic acids is 1. The Morgan fingerprint density at radius 2 is 2.06 bits per heavy atom. The molecule has 0 bridgehead atoms. The van der Waals surface area contributed by atoms with Crippen LogP contribution in [0.3, 0.4) is 0 Å². The molecule has 1 fully saturated rings. The average molecular weight is 257 g/mol. The first-order valence-electron chi connectivity index (χ1n) is 6.70. The standard InChI is InChI=1S/C13H27N3O2/c1-5-18-12(17)13(14)7-6-11(10-13)16(4)9-8-15(2)3/h11H,5-10,14H2,1-4H3. The Hall–Kier alpha value is -0.650. The number of rotatable bonds is 6. The molecule has 18 heavy (non-hydrogen) atoms. The molecule has 0 aromatic rings. The third-order valence-corrected chi connectivity index (χ3v) is 3.73. The largest absolute Gasteiger partial charge is 0.465 e. The predicted octanol–water partition coefficient (Wildman–Crippen LogP) is 0.293. The van der Waals surface area contributed by atoms with Crippen LogP contribution >= 0.6 is 0 Å². The van der Waals surface area contributed by atoms with Gasteiger partial charge >= 0.3 is 5.97 Å². The minimum Gasteiger partial charge on any atom is -0.465 e. The number of carbonyl (C=O) groups is 1. The van der Waals surface area contributed by atoms with Crippen LogP contribution < -0.4 is 5.73 Å². The second-order valence-electron chi connectivity index (χ2n) is 5.56. The lowest BCUT2D eigenvalue weighted by Crippen LogP contribution is -2.48. The number of likely N-dealkylation sites (N-methyl/N-ethyl adjacent to an activating group) is 2. The summed E-state index contributed by atoms with van der Waals surface area (Å²) in [6.07, 6.45) is 2.40. The van der Waals surface area contributed by atoms with Crippen molar-refractivity contribution in [3.63, 3.8) is 0 Å². The molecule has 2 unspecified atom stereocenters. The molecule has 0 saturated heterocycles. The first kappa shape index (κ1) is 15.4. The summed E-state index contributed by atoms with van der Waals surface area (Å²) < 4.78 is 5.06. The molecule has 0 aromatic heterocycles. The number of nitrogens with two attached hydrogens (primary N) is 1. The van der Waals surface area contributed by atoms with Gasteiger partial charge in [-0.25, -0.2) is 0 Å². The minimum atomic E-state index is -0.771. The Morgan fingerprint density at radius 3 is 2.61 bits per heavy atom. The van der Waals surface area contributed by atoms with Crippen molar-refractivity contribution in [3.8, 4) is 0 Å². The van der Waals surface area contributed by atoms with Crippen LogP contribution in [0.2, 0.25) is 0 Å². The van der Waals surface area contributed by atoms with E-state index in [2.05, 4.69) is 30.9 Å². The first-order valence-corrected chi connectivity index (χ1v) is 6.70. The van der Waals surface area contributed by atoms with E-state index in [1.165, 1.54) is 0 Å². The summed E-state index contributed by atoms with van der Waals surface area (Å²) in [6.45, 7) is 4.23. The lowest BCUT2D eigenvalue weighted by Gasteiger charge is -2.27. The summed E-state index contributed by atoms with van der Waals surface area (Å²) >= 11 is 0. The Bertz CT molecular complexity index is 283. The summed E-state index contributed by atoms with van der Waals surface area (Å²) in [7, 11) is 6.23. The van der Waals surface area contributed by atoms with Gasteiger partial charge in [0.25, 0.3) is 0 Å². The van der Waals surface area contributed by atoms with Crippen molar-refractivity contribution in [2.45, 2.75) is 37.8 Å². The van der Waals surface area contributed by atoms with E-state index in [9.17, 15) is 4.79 Å². The normalized spacial score (nSPS) is 28.1. The smallest absolute Gasteiger partial charge is 0.326 e. The maximum Gasteiger partial charge on any atom is 0.326 e. The highest BCUT2D eigenvalue weighted by molar-refractivity contribution is 5.81. The highest BCUT2D eigenvalue weighted by Crippen LogP contribution is 2.31. The molecule has 0 aromatic carbocycles. The maximum atomic E-state index is 11.8. The van der Waals surface area contributed by atoms with E-state index in [4.69, 9.17) is 10.5 Å². The van der Waals surface area contributed by atoms with Gasteiger partial charge in [-0.15, -0.1) is 0 Å². The van der Waals surface area contributed by atoms with Crippen molar-refractivity contribution in [1.29, 1.82) is 0 Å². The fraction of sp³-hybridized carbons (Fsp3) is 0.923. The molecule has 5 heteroatoms. The number of esters is 1. The third kappa shape index (κ3) is 3.93. The monoisotopic (exact) mass is 257 g/mol. The van der Waals surface area contributed by atoms with Gasteiger partial charge in [0.2, 0.25) is 0 Å². The van der Waals surface area contributed by atoms with Crippen molar-refractivity contribution >= 4 is 5.97 Å². The Balaban J connectivity index is 2.46. The SMILES string of the molecule is CCOC(=O)C1(N)CCC(N(C)CCN(C)C)C1. The lowest BCUT2D eigenvalue weighted by atomic mass is 9.99. The van der Waals surface area contributed by atoms with Crippen LogP contribution in [0.4, 0.5) is 0 Å². The fourth-order valence-electron chi connectivity index (χ4n) is 2.43. The summed E-state index contributed by atoms with van der Waals surface area (Å²) in [5.41, 5.74) is 5.39. The molecule has 1 rings (SSSR count). The van der Waals surface area contributed by atoms with Gasteiger partial charge in [-0.3, -0.25) is 4.79 Å². The molecule has 0 spiro atoms. The van der Waals surface area contributed by atoms with Crippen molar-refractivity contribution in [1.82, 2.24) is 9.80 Å². The van der Waals surface area contributed by atoms with Crippen molar-refractivity contribution in [2.24, 2.45) is 5.73 Å². The van der Waals surface area contributed by atoms with Gasteiger partial charge in [-0.1, -0.05) is 0 Å². The van der Waals surface area contributed by atoms with Crippen molar-refractivity contribution in [3.05, 3.63) is 0 Å². The van der Waals surface area contributed by atoms with Gasteiger partial charge in [0.05, 0.1) is 6.61 Å². The van der Waals surface area contributed by atoms with Gasteiger partial charge in [0.15, 0.2) is 0 Å². The van der Waals surface area contributed by atoms with E-state index in [1.54, 1.807) is 0 Å². The van der Waals surface area contributed by atoms with Gasteiger partial charge in [0.1, 0.15) is 5.54 Å². The second-order valence-corrected chi connectivity index (χ2v) is 5.56. The van der Waals surface area contributed by atoms with E-state index in [0.29, 0.717) is 19.1 Å². The average Bonchev–Trinajstić information content (AvgIpc) is 2.70. The minimum absolute atomic E-state index is 0.242. The zero-order chi connectivity index (χ0) is 13.8. The van der Waals surface area contributed by atoms with Gasteiger partial charge in [-0.2, -0.15) is 0 Å². The molecule has 1 aliphatic carbocycles. The van der Waals surface area contributed by atoms with Crippen LogP contribution in [-0.2, 0) is 9.53 Å². The zero-order valence-electron chi connectivity index (χ0n) is 12.1. The van der Waals surface area contributed by atoms with Crippen LogP contribution in [0.25, 0.3) is 0 Å². The number of nitrogens with zero attached hydrogens (tertiary/aromatic N) is 2. The van der Waals surface area contributed by atoms with Crippen molar-refractivity contribution < 1.29 is 9.53 Å². The molecule has 5 nitrogen and oxygen atoms in total. The van der Waals surface area contributed by atoms with E-state index >= 15 is 0 Å². The summed E-state index contributed by atoms with van der Waals surface area (Å²) in [4.78, 5) is 16.3. The Kier molecular flexibility index (Phi) is 5.56. The second kappa shape index (κ2) is 6.50. The highest BCUT2D eigenvalue weighted by atomic mass is 16.5. The van der Waals surface area contributed by atoms with Gasteiger partial charge < -0.3 is 20.3 Å². The molecule has 1 aliphatic rings.